The van der Waals surface area contributed by atoms with Gasteiger partial charge in [-0.15, -0.1) is 0 Å². The van der Waals surface area contributed by atoms with Gasteiger partial charge in [0.1, 0.15) is 0 Å². The van der Waals surface area contributed by atoms with Gasteiger partial charge in [0, 0.05) is 12.6 Å². The zero-order chi connectivity index (χ0) is 12.4. The Kier molecular flexibility index (Phi) is 8.84. The summed E-state index contributed by atoms with van der Waals surface area (Å²) < 4.78 is 10.8. The summed E-state index contributed by atoms with van der Waals surface area (Å²) in [4.78, 5) is 0. The zero-order valence-corrected chi connectivity index (χ0v) is 11.1. The number of ether oxygens (including phenoxy) is 2. The van der Waals surface area contributed by atoms with Gasteiger partial charge in [0.15, 0.2) is 0 Å². The minimum Gasteiger partial charge on any atom is -0.394 e. The first-order valence-electron chi connectivity index (χ1n) is 6.08. The number of nitrogens with one attached hydrogen (secondary N) is 1. The van der Waals surface area contributed by atoms with Crippen LogP contribution in [-0.2, 0) is 9.47 Å². The van der Waals surface area contributed by atoms with E-state index in [0.717, 1.165) is 13.0 Å². The van der Waals surface area contributed by atoms with E-state index in [-0.39, 0.29) is 12.1 Å². The van der Waals surface area contributed by atoms with E-state index in [2.05, 4.69) is 26.1 Å². The first-order chi connectivity index (χ1) is 7.54. The van der Waals surface area contributed by atoms with Crippen molar-refractivity contribution in [2.24, 2.45) is 0 Å². The van der Waals surface area contributed by atoms with Gasteiger partial charge in [-0.25, -0.2) is 0 Å². The van der Waals surface area contributed by atoms with Gasteiger partial charge in [-0.05, 0) is 13.3 Å². The van der Waals surface area contributed by atoms with Gasteiger partial charge in [-0.1, -0.05) is 20.8 Å². The summed E-state index contributed by atoms with van der Waals surface area (Å²) in [5, 5.41) is 12.6. The number of aliphatic hydroxyl groups is 1. The summed E-state index contributed by atoms with van der Waals surface area (Å²) in [6, 6.07) is 0.331. The molecule has 0 aliphatic heterocycles. The van der Waals surface area contributed by atoms with Gasteiger partial charge in [0.05, 0.1) is 32.0 Å². The highest BCUT2D eigenvalue weighted by Crippen LogP contribution is 2.05. The van der Waals surface area contributed by atoms with Gasteiger partial charge in [-0.2, -0.15) is 0 Å². The van der Waals surface area contributed by atoms with E-state index in [9.17, 15) is 5.11 Å². The number of rotatable bonds is 10. The van der Waals surface area contributed by atoms with Crippen LogP contribution < -0.4 is 5.32 Å². The Morgan fingerprint density at radius 3 is 2.31 bits per heavy atom. The molecule has 0 saturated heterocycles. The Balaban J connectivity index is 3.61. The average molecular weight is 233 g/mol. The van der Waals surface area contributed by atoms with E-state index < -0.39 is 0 Å². The highest BCUT2D eigenvalue weighted by Gasteiger charge is 2.23. The number of aliphatic hydroxyl groups excluding tert-OH is 1. The fraction of sp³-hybridized carbons (Fsp3) is 1.00. The van der Waals surface area contributed by atoms with Crippen molar-refractivity contribution in [3.05, 3.63) is 0 Å². The Morgan fingerprint density at radius 1 is 1.19 bits per heavy atom. The summed E-state index contributed by atoms with van der Waals surface area (Å²) in [5.41, 5.74) is -0.362. The number of hydrogen-bond acceptors (Lipinski definition) is 4. The molecule has 0 radical (unpaired) electrons. The van der Waals surface area contributed by atoms with Crippen LogP contribution in [0.1, 0.15) is 34.1 Å². The van der Waals surface area contributed by atoms with Gasteiger partial charge < -0.3 is 19.9 Å². The van der Waals surface area contributed by atoms with Crippen molar-refractivity contribution in [3.63, 3.8) is 0 Å². The summed E-state index contributed by atoms with van der Waals surface area (Å²) in [6.45, 7) is 10.7. The van der Waals surface area contributed by atoms with Gasteiger partial charge >= 0.3 is 0 Å². The van der Waals surface area contributed by atoms with E-state index in [4.69, 9.17) is 9.47 Å². The smallest absolute Gasteiger partial charge is 0.0701 e. The van der Waals surface area contributed by atoms with Crippen LogP contribution in [0.3, 0.4) is 0 Å². The van der Waals surface area contributed by atoms with Crippen molar-refractivity contribution >= 4 is 0 Å². The molecule has 0 bridgehead atoms. The van der Waals surface area contributed by atoms with E-state index >= 15 is 0 Å². The lowest BCUT2D eigenvalue weighted by atomic mass is 10.0. The molecular formula is C12H27NO3. The summed E-state index contributed by atoms with van der Waals surface area (Å²) in [5.74, 6) is 0. The molecule has 0 saturated carbocycles. The zero-order valence-electron chi connectivity index (χ0n) is 11.1. The Bertz CT molecular complexity index is 164. The molecule has 0 heterocycles. The lowest BCUT2D eigenvalue weighted by Gasteiger charge is -2.30. The molecule has 0 fully saturated rings. The highest BCUT2D eigenvalue weighted by atomic mass is 16.5. The number of hydrogen-bond donors (Lipinski definition) is 2. The molecule has 2 N–H and O–H groups in total. The van der Waals surface area contributed by atoms with Crippen molar-refractivity contribution in [2.45, 2.75) is 45.7 Å². The topological polar surface area (TPSA) is 50.7 Å². The second-order valence-electron chi connectivity index (χ2n) is 4.68. The third kappa shape index (κ3) is 8.05. The Hall–Kier alpha value is -0.160. The van der Waals surface area contributed by atoms with Crippen molar-refractivity contribution < 1.29 is 14.6 Å². The monoisotopic (exact) mass is 233 g/mol. The molecule has 0 spiro atoms. The molecule has 0 rings (SSSR count). The first kappa shape index (κ1) is 15.8. The maximum Gasteiger partial charge on any atom is 0.0701 e. The fourth-order valence-electron chi connectivity index (χ4n) is 1.49. The van der Waals surface area contributed by atoms with Crippen LogP contribution in [0.4, 0.5) is 0 Å². The van der Waals surface area contributed by atoms with E-state index in [1.165, 1.54) is 0 Å². The molecule has 1 atom stereocenters. The molecule has 0 aromatic rings. The van der Waals surface area contributed by atoms with E-state index in [1.807, 2.05) is 6.92 Å². The predicted octanol–water partition coefficient (Wildman–Crippen LogP) is 1.18. The van der Waals surface area contributed by atoms with E-state index in [1.54, 1.807) is 0 Å². The van der Waals surface area contributed by atoms with Crippen LogP contribution in [-0.4, -0.2) is 49.7 Å². The second-order valence-corrected chi connectivity index (χ2v) is 4.68. The van der Waals surface area contributed by atoms with Crippen LogP contribution in [0, 0.1) is 0 Å². The summed E-state index contributed by atoms with van der Waals surface area (Å²) >= 11 is 0. The maximum absolute atomic E-state index is 9.30. The summed E-state index contributed by atoms with van der Waals surface area (Å²) in [6.07, 6.45) is 1.03. The molecule has 4 nitrogen and oxygen atoms in total. The molecule has 0 amide bonds. The van der Waals surface area contributed by atoms with Gasteiger partial charge in [0.2, 0.25) is 0 Å². The van der Waals surface area contributed by atoms with Crippen molar-refractivity contribution in [1.82, 2.24) is 5.32 Å². The van der Waals surface area contributed by atoms with Crippen molar-refractivity contribution in [3.8, 4) is 0 Å². The fourth-order valence-corrected chi connectivity index (χ4v) is 1.49. The lowest BCUT2D eigenvalue weighted by molar-refractivity contribution is 0.00639. The summed E-state index contributed by atoms with van der Waals surface area (Å²) in [7, 11) is 0. The van der Waals surface area contributed by atoms with Crippen LogP contribution in [0.15, 0.2) is 0 Å². The molecule has 0 aromatic heterocycles. The molecular weight excluding hydrogens is 206 g/mol. The van der Waals surface area contributed by atoms with E-state index in [0.29, 0.717) is 25.9 Å². The predicted molar refractivity (Wildman–Crippen MR) is 65.7 cm³/mol. The van der Waals surface area contributed by atoms with Crippen molar-refractivity contribution in [2.75, 3.05) is 33.0 Å². The quantitative estimate of drug-likeness (QED) is 0.556. The molecule has 0 aliphatic carbocycles. The Morgan fingerprint density at radius 2 is 1.81 bits per heavy atom. The van der Waals surface area contributed by atoms with Crippen LogP contribution in [0.25, 0.3) is 0 Å². The largest absolute Gasteiger partial charge is 0.394 e. The lowest BCUT2D eigenvalue weighted by Crippen LogP contribution is -2.52. The molecule has 98 valence electrons. The third-order valence-corrected chi connectivity index (χ3v) is 2.13. The molecule has 1 unspecified atom stereocenters. The maximum atomic E-state index is 9.30. The first-order valence-corrected chi connectivity index (χ1v) is 6.08. The highest BCUT2D eigenvalue weighted by molar-refractivity contribution is 4.83. The molecule has 0 aliphatic rings. The second kappa shape index (κ2) is 8.93. The standard InChI is InChI=1S/C12H27NO3/c1-5-6-15-7-8-16-10-12(4,9-14)13-11(2)3/h11,13-14H,5-10H2,1-4H3. The van der Waals surface area contributed by atoms with Crippen LogP contribution >= 0.6 is 0 Å². The average Bonchev–Trinajstić information content (AvgIpc) is 2.22. The van der Waals surface area contributed by atoms with Crippen LogP contribution in [0.2, 0.25) is 0 Å². The van der Waals surface area contributed by atoms with Gasteiger partial charge in [-0.3, -0.25) is 0 Å². The van der Waals surface area contributed by atoms with Crippen LogP contribution in [0.5, 0.6) is 0 Å². The molecule has 16 heavy (non-hydrogen) atoms. The van der Waals surface area contributed by atoms with Crippen molar-refractivity contribution in [1.29, 1.82) is 0 Å². The minimum absolute atomic E-state index is 0.0704. The Labute approximate surface area is 99.3 Å². The third-order valence-electron chi connectivity index (χ3n) is 2.13. The van der Waals surface area contributed by atoms with Gasteiger partial charge in [0.25, 0.3) is 0 Å². The molecule has 4 heteroatoms. The minimum atomic E-state index is -0.362. The normalized spacial score (nSPS) is 15.4. The SMILES string of the molecule is CCCOCCOCC(C)(CO)NC(C)C. The molecule has 0 aromatic carbocycles.